The normalized spacial score (nSPS) is 14.1. The predicted octanol–water partition coefficient (Wildman–Crippen LogP) is 2.13. The van der Waals surface area contributed by atoms with E-state index in [-0.39, 0.29) is 35.6 Å². The molecule has 1 aromatic heterocycles. The van der Waals surface area contributed by atoms with Gasteiger partial charge in [-0.25, -0.2) is 4.68 Å². The Morgan fingerprint density at radius 1 is 1.09 bits per heavy atom. The van der Waals surface area contributed by atoms with Gasteiger partial charge < -0.3 is 16.0 Å². The number of aromatic nitrogens is 2. The van der Waals surface area contributed by atoms with Crippen LogP contribution in [0.1, 0.15) is 35.7 Å². The van der Waals surface area contributed by atoms with E-state index in [1.54, 1.807) is 41.7 Å². The molecule has 2 aromatic carbocycles. The highest BCUT2D eigenvalue weighted by molar-refractivity contribution is 5.95. The minimum atomic E-state index is -0.440. The van der Waals surface area contributed by atoms with Gasteiger partial charge in [0.2, 0.25) is 5.91 Å². The number of rotatable bonds is 8. The third-order valence-corrected chi connectivity index (χ3v) is 5.52. The Kier molecular flexibility index (Phi) is 6.23. The van der Waals surface area contributed by atoms with E-state index in [9.17, 15) is 14.4 Å². The number of hydrogen-bond donors (Lipinski definition) is 3. The van der Waals surface area contributed by atoms with Gasteiger partial charge in [0.25, 0.3) is 11.5 Å². The molecule has 1 aliphatic carbocycles. The molecular weight excluding hydrogens is 406 g/mol. The molecule has 0 saturated heterocycles. The van der Waals surface area contributed by atoms with Crippen LogP contribution in [-0.4, -0.2) is 40.3 Å². The highest BCUT2D eigenvalue weighted by atomic mass is 16.2. The van der Waals surface area contributed by atoms with Crippen LogP contribution in [0.15, 0.2) is 65.6 Å². The summed E-state index contributed by atoms with van der Waals surface area (Å²) in [5, 5.41) is 8.57. The largest absolute Gasteiger partial charge is 0.349 e. The van der Waals surface area contributed by atoms with Gasteiger partial charge in [0.05, 0.1) is 24.5 Å². The van der Waals surface area contributed by atoms with E-state index in [1.165, 1.54) is 0 Å². The first-order valence-corrected chi connectivity index (χ1v) is 10.7. The lowest BCUT2D eigenvalue weighted by molar-refractivity contribution is -0.117. The van der Waals surface area contributed by atoms with Crippen LogP contribution in [0.3, 0.4) is 0 Å². The molecule has 0 radical (unpaired) electrons. The van der Waals surface area contributed by atoms with Crippen LogP contribution in [-0.2, 0) is 11.3 Å². The Labute approximate surface area is 186 Å². The number of nitrogens with zero attached hydrogens (tertiary/aromatic N) is 2. The summed E-state index contributed by atoms with van der Waals surface area (Å²) in [6.45, 7) is 1.97. The van der Waals surface area contributed by atoms with Crippen molar-refractivity contribution in [2.24, 2.45) is 0 Å². The van der Waals surface area contributed by atoms with Crippen molar-refractivity contribution in [1.29, 1.82) is 0 Å². The van der Waals surface area contributed by atoms with Crippen LogP contribution in [0.25, 0.3) is 5.69 Å². The maximum Gasteiger partial charge on any atom is 0.291 e. The third-order valence-electron chi connectivity index (χ3n) is 5.52. The number of carbonyl (C=O) groups is 2. The zero-order chi connectivity index (χ0) is 22.7. The van der Waals surface area contributed by atoms with E-state index in [4.69, 9.17) is 0 Å². The van der Waals surface area contributed by atoms with Crippen molar-refractivity contribution in [3.05, 3.63) is 82.3 Å². The van der Waals surface area contributed by atoms with E-state index in [0.29, 0.717) is 5.56 Å². The molecule has 32 heavy (non-hydrogen) atoms. The monoisotopic (exact) mass is 433 g/mol. The van der Waals surface area contributed by atoms with E-state index in [0.717, 1.165) is 24.1 Å². The van der Waals surface area contributed by atoms with Crippen molar-refractivity contribution in [3.63, 3.8) is 0 Å². The summed E-state index contributed by atoms with van der Waals surface area (Å²) >= 11 is 0. The van der Waals surface area contributed by atoms with Gasteiger partial charge in [0.15, 0.2) is 0 Å². The van der Waals surface area contributed by atoms with Gasteiger partial charge in [0.1, 0.15) is 5.69 Å². The molecule has 3 N–H and O–H groups in total. The fraction of sp³-hybridized carbons (Fsp3) is 0.292. The minimum absolute atomic E-state index is 0.103. The van der Waals surface area contributed by atoms with Crippen molar-refractivity contribution in [2.75, 3.05) is 12.4 Å². The van der Waals surface area contributed by atoms with E-state index < -0.39 is 6.04 Å². The number of para-hydroxylation sites is 1. The molecule has 1 fully saturated rings. The Hall–Kier alpha value is -3.65. The summed E-state index contributed by atoms with van der Waals surface area (Å²) < 4.78 is 3.27. The topological polar surface area (TPSA) is 97.2 Å². The maximum atomic E-state index is 13.2. The number of carbonyl (C=O) groups excluding carboxylic acids is 2. The van der Waals surface area contributed by atoms with Gasteiger partial charge in [-0.15, -0.1) is 0 Å². The zero-order valence-corrected chi connectivity index (χ0v) is 18.2. The van der Waals surface area contributed by atoms with Crippen molar-refractivity contribution < 1.29 is 9.59 Å². The Morgan fingerprint density at radius 3 is 2.53 bits per heavy atom. The maximum absolute atomic E-state index is 13.2. The lowest BCUT2D eigenvalue weighted by Gasteiger charge is -2.12. The van der Waals surface area contributed by atoms with Crippen LogP contribution >= 0.6 is 0 Å². The number of nitrogens with one attached hydrogen (secondary N) is 3. The molecule has 0 unspecified atom stereocenters. The number of amides is 2. The highest BCUT2D eigenvalue weighted by Gasteiger charge is 2.24. The minimum Gasteiger partial charge on any atom is -0.349 e. The summed E-state index contributed by atoms with van der Waals surface area (Å²) in [4.78, 5) is 38.0. The second-order valence-corrected chi connectivity index (χ2v) is 8.03. The average Bonchev–Trinajstić information content (AvgIpc) is 3.58. The molecule has 8 nitrogen and oxygen atoms in total. The van der Waals surface area contributed by atoms with Gasteiger partial charge >= 0.3 is 0 Å². The molecule has 0 bridgehead atoms. The molecule has 0 aliphatic heterocycles. The van der Waals surface area contributed by atoms with Gasteiger partial charge in [-0.05, 0) is 56.6 Å². The van der Waals surface area contributed by atoms with Gasteiger partial charge in [-0.3, -0.25) is 19.1 Å². The van der Waals surface area contributed by atoms with E-state index in [1.807, 2.05) is 42.5 Å². The first-order chi connectivity index (χ1) is 15.5. The summed E-state index contributed by atoms with van der Waals surface area (Å²) in [6, 6.07) is 16.5. The zero-order valence-electron chi connectivity index (χ0n) is 18.2. The number of likely N-dealkylation sites (N-methyl/N-ethyl adjacent to an activating group) is 1. The molecule has 1 heterocycles. The molecule has 1 saturated carbocycles. The second-order valence-electron chi connectivity index (χ2n) is 8.03. The Bertz CT molecular complexity index is 1180. The van der Waals surface area contributed by atoms with Crippen molar-refractivity contribution in [1.82, 2.24) is 20.0 Å². The first-order valence-electron chi connectivity index (χ1n) is 10.7. The van der Waals surface area contributed by atoms with Crippen LogP contribution < -0.4 is 21.5 Å². The molecule has 166 valence electrons. The van der Waals surface area contributed by atoms with E-state index in [2.05, 4.69) is 16.0 Å². The fourth-order valence-electron chi connectivity index (χ4n) is 3.36. The molecular formula is C24H27N5O3. The number of benzene rings is 2. The predicted molar refractivity (Wildman–Crippen MR) is 123 cm³/mol. The quantitative estimate of drug-likeness (QED) is 0.507. The van der Waals surface area contributed by atoms with Gasteiger partial charge in [-0.2, -0.15) is 0 Å². The van der Waals surface area contributed by atoms with Crippen molar-refractivity contribution in [2.45, 2.75) is 38.4 Å². The molecule has 4 rings (SSSR count). The fourth-order valence-corrected chi connectivity index (χ4v) is 3.36. The van der Waals surface area contributed by atoms with Crippen LogP contribution in [0, 0.1) is 0 Å². The van der Waals surface area contributed by atoms with Gasteiger partial charge in [-0.1, -0.05) is 30.3 Å². The molecule has 8 heteroatoms. The summed E-state index contributed by atoms with van der Waals surface area (Å²) in [7, 11) is 1.68. The molecule has 1 aliphatic rings. The SMILES string of the molecule is CN[C@@H](C)C(=O)Nc1cn(-c2ccccc2)n(Cc2cccc(C(=O)NC3CC3)c2)c1=O. The van der Waals surface area contributed by atoms with Gasteiger partial charge in [0, 0.05) is 11.6 Å². The Balaban J connectivity index is 1.67. The number of anilines is 1. The summed E-state index contributed by atoms with van der Waals surface area (Å²) in [5.41, 5.74) is 2.04. The Morgan fingerprint density at radius 2 is 1.84 bits per heavy atom. The summed E-state index contributed by atoms with van der Waals surface area (Å²) in [6.07, 6.45) is 3.67. The molecule has 0 spiro atoms. The molecule has 1 atom stereocenters. The number of hydrogen-bond acceptors (Lipinski definition) is 4. The van der Waals surface area contributed by atoms with Crippen molar-refractivity contribution in [3.8, 4) is 5.69 Å². The lowest BCUT2D eigenvalue weighted by atomic mass is 10.1. The second kappa shape index (κ2) is 9.23. The average molecular weight is 434 g/mol. The van der Waals surface area contributed by atoms with E-state index >= 15 is 0 Å². The summed E-state index contributed by atoms with van der Waals surface area (Å²) in [5.74, 6) is -0.394. The standard InChI is InChI=1S/C24H27N5O3/c1-16(25-2)22(30)27-21-15-28(20-9-4-3-5-10-20)29(24(21)32)14-17-7-6-8-18(13-17)23(31)26-19-11-12-19/h3-10,13,15-16,19,25H,11-12,14H2,1-2H3,(H,26,31)(H,27,30)/t16-/m0/s1. The molecule has 2 amide bonds. The van der Waals surface area contributed by atoms with Crippen molar-refractivity contribution >= 4 is 17.5 Å². The highest BCUT2D eigenvalue weighted by Crippen LogP contribution is 2.20. The van der Waals surface area contributed by atoms with Crippen LogP contribution in [0.4, 0.5) is 5.69 Å². The third kappa shape index (κ3) is 4.81. The first kappa shape index (κ1) is 21.6. The lowest BCUT2D eigenvalue weighted by Crippen LogP contribution is -2.36. The van der Waals surface area contributed by atoms with Crippen LogP contribution in [0.5, 0.6) is 0 Å². The molecule has 3 aromatic rings. The smallest absolute Gasteiger partial charge is 0.291 e. The van der Waals surface area contributed by atoms with Crippen LogP contribution in [0.2, 0.25) is 0 Å².